The quantitative estimate of drug-likeness (QED) is 0.404. The van der Waals surface area contributed by atoms with Crippen molar-refractivity contribution >= 4 is 34.2 Å². The maximum absolute atomic E-state index is 13.4. The van der Waals surface area contributed by atoms with E-state index in [4.69, 9.17) is 16.3 Å². The number of nitrogens with one attached hydrogen (secondary N) is 1. The molecule has 7 nitrogen and oxygen atoms in total. The van der Waals surface area contributed by atoms with E-state index in [1.165, 1.54) is 11.1 Å². The van der Waals surface area contributed by atoms with E-state index in [0.717, 1.165) is 68.1 Å². The molecule has 2 aromatic carbocycles. The van der Waals surface area contributed by atoms with Crippen LogP contribution in [-0.4, -0.2) is 71.3 Å². The highest BCUT2D eigenvalue weighted by Gasteiger charge is 2.47. The summed E-state index contributed by atoms with van der Waals surface area (Å²) in [6.45, 7) is 8.86. The van der Waals surface area contributed by atoms with Gasteiger partial charge in [0, 0.05) is 36.1 Å². The van der Waals surface area contributed by atoms with Crippen LogP contribution in [0.2, 0.25) is 5.02 Å². The Kier molecular flexibility index (Phi) is 10.7. The van der Waals surface area contributed by atoms with E-state index in [1.807, 2.05) is 39.2 Å². The van der Waals surface area contributed by atoms with Crippen LogP contribution in [0.3, 0.4) is 0 Å². The van der Waals surface area contributed by atoms with Gasteiger partial charge in [0.05, 0.1) is 23.1 Å². The normalized spacial score (nSPS) is 31.4. The fourth-order valence-electron chi connectivity index (χ4n) is 7.58. The van der Waals surface area contributed by atoms with Crippen LogP contribution in [0.1, 0.15) is 86.7 Å². The van der Waals surface area contributed by atoms with E-state index in [-0.39, 0.29) is 28.9 Å². The Labute approximate surface area is 271 Å². The van der Waals surface area contributed by atoms with Gasteiger partial charge in [0.15, 0.2) is 0 Å². The number of amides is 1. The Morgan fingerprint density at radius 1 is 1.14 bits per heavy atom. The predicted molar refractivity (Wildman–Crippen MR) is 180 cm³/mol. The lowest BCUT2D eigenvalue weighted by Gasteiger charge is -2.50. The second-order valence-electron chi connectivity index (χ2n) is 13.8. The largest absolute Gasteiger partial charge is 0.491 e. The summed E-state index contributed by atoms with van der Waals surface area (Å²) in [4.78, 5) is 17.9. The van der Waals surface area contributed by atoms with Crippen LogP contribution in [0.5, 0.6) is 5.75 Å². The molecule has 1 saturated carbocycles. The molecule has 242 valence electrons. The van der Waals surface area contributed by atoms with Crippen LogP contribution in [-0.2, 0) is 17.4 Å². The van der Waals surface area contributed by atoms with Gasteiger partial charge in [-0.3, -0.25) is 9.52 Å². The molecule has 0 radical (unpaired) electrons. The van der Waals surface area contributed by atoms with E-state index in [1.54, 1.807) is 6.07 Å². The van der Waals surface area contributed by atoms with Crippen molar-refractivity contribution in [3.05, 3.63) is 58.1 Å². The lowest BCUT2D eigenvalue weighted by molar-refractivity contribution is -0.1000. The minimum absolute atomic E-state index is 0.109. The second kappa shape index (κ2) is 14.1. The Bertz CT molecular complexity index is 1360. The molecule has 0 aromatic heterocycles. The fourth-order valence-corrected chi connectivity index (χ4v) is 8.82. The van der Waals surface area contributed by atoms with Crippen LogP contribution in [0, 0.1) is 17.8 Å². The number of benzene rings is 2. The van der Waals surface area contributed by atoms with Crippen molar-refractivity contribution in [1.29, 1.82) is 0 Å². The minimum Gasteiger partial charge on any atom is -0.491 e. The van der Waals surface area contributed by atoms with E-state index < -0.39 is 16.6 Å². The monoisotopic (exact) mass is 643 g/mol. The molecule has 6 unspecified atom stereocenters. The van der Waals surface area contributed by atoms with Gasteiger partial charge in [-0.2, -0.15) is 0 Å². The van der Waals surface area contributed by atoms with Crippen LogP contribution >= 0.6 is 11.6 Å². The second-order valence-corrected chi connectivity index (χ2v) is 15.8. The van der Waals surface area contributed by atoms with Gasteiger partial charge in [-0.1, -0.05) is 44.4 Å². The summed E-state index contributed by atoms with van der Waals surface area (Å²) in [5.41, 5.74) is 3.07. The van der Waals surface area contributed by atoms with Crippen LogP contribution < -0.4 is 14.4 Å². The zero-order valence-electron chi connectivity index (χ0n) is 27.0. The van der Waals surface area contributed by atoms with Crippen molar-refractivity contribution in [1.82, 2.24) is 9.62 Å². The van der Waals surface area contributed by atoms with Crippen molar-refractivity contribution in [2.75, 3.05) is 45.2 Å². The summed E-state index contributed by atoms with van der Waals surface area (Å²) >= 11 is 6.43. The summed E-state index contributed by atoms with van der Waals surface area (Å²) in [6.07, 6.45) is 6.44. The number of fused-ring (bicyclic) bond motifs is 2. The number of hydrogen-bond acceptors (Lipinski definition) is 6. The van der Waals surface area contributed by atoms with Crippen molar-refractivity contribution in [3.8, 4) is 5.75 Å². The lowest BCUT2D eigenvalue weighted by atomic mass is 9.63. The Balaban J connectivity index is 1.55. The molecule has 2 heterocycles. The molecule has 2 bridgehead atoms. The summed E-state index contributed by atoms with van der Waals surface area (Å²) in [7, 11) is 2.55. The molecule has 44 heavy (non-hydrogen) atoms. The van der Waals surface area contributed by atoms with Crippen molar-refractivity contribution in [2.45, 2.75) is 82.5 Å². The number of carbonyl (C=O) groups excluding carboxylic acids is 1. The molecule has 1 amide bonds. The van der Waals surface area contributed by atoms with Gasteiger partial charge >= 0.3 is 0 Å². The van der Waals surface area contributed by atoms with Crippen molar-refractivity contribution in [2.24, 2.45) is 17.8 Å². The smallest absolute Gasteiger partial charge is 0.263 e. The highest BCUT2D eigenvalue weighted by molar-refractivity contribution is 7.84. The average Bonchev–Trinajstić information content (AvgIpc) is 3.13. The summed E-state index contributed by atoms with van der Waals surface area (Å²) in [5.74, 6) is 1.17. The van der Waals surface area contributed by atoms with Gasteiger partial charge in [-0.25, -0.2) is 4.21 Å². The van der Waals surface area contributed by atoms with Gasteiger partial charge in [0.1, 0.15) is 16.7 Å². The zero-order valence-corrected chi connectivity index (χ0v) is 28.6. The molecule has 2 aromatic rings. The Hall–Kier alpha value is -2.13. The van der Waals surface area contributed by atoms with Crippen LogP contribution in [0.15, 0.2) is 36.4 Å². The molecular formula is C35H50ClN3O4S. The number of halogens is 1. The maximum Gasteiger partial charge on any atom is 0.263 e. The standard InChI is InChI=1S/C35H50ClN3O4S/c1-6-8-25-17-29(36)12-13-30(25)28-20-39-19-27-10-14-31(27)35(41,22-38(4)5)16-7-9-23(2)24(3)44(42)37-34(40)26-11-15-33(43-21-28)32(39)18-26/h11-13,15,17-18,23-24,27-28,31,41H,6-10,14,16,19-22H2,1-5H3,(H,37,40)/t23?,24?,27?,28?,31?,35-,44?/m1/s1. The van der Waals surface area contributed by atoms with E-state index >= 15 is 0 Å². The molecule has 9 heteroatoms. The molecular weight excluding hydrogens is 594 g/mol. The van der Waals surface area contributed by atoms with Gasteiger partial charge in [0.2, 0.25) is 0 Å². The zero-order chi connectivity index (χ0) is 31.6. The van der Waals surface area contributed by atoms with Gasteiger partial charge in [-0.05, 0) is 112 Å². The Morgan fingerprint density at radius 3 is 2.64 bits per heavy atom. The predicted octanol–water partition coefficient (Wildman–Crippen LogP) is 6.20. The van der Waals surface area contributed by atoms with Gasteiger partial charge in [-0.15, -0.1) is 0 Å². The van der Waals surface area contributed by atoms with Crippen molar-refractivity contribution < 1.29 is 18.8 Å². The van der Waals surface area contributed by atoms with E-state index in [0.29, 0.717) is 31.1 Å². The first kappa shape index (κ1) is 33.2. The highest BCUT2D eigenvalue weighted by atomic mass is 35.5. The molecule has 1 fully saturated rings. The maximum atomic E-state index is 13.4. The third kappa shape index (κ3) is 7.30. The van der Waals surface area contributed by atoms with Crippen molar-refractivity contribution in [3.63, 3.8) is 0 Å². The molecule has 7 atom stereocenters. The number of likely N-dealkylation sites (N-methyl/N-ethyl adjacent to an activating group) is 1. The van der Waals surface area contributed by atoms with E-state index in [2.05, 4.69) is 40.5 Å². The number of rotatable bonds is 5. The first-order valence-electron chi connectivity index (χ1n) is 16.4. The van der Waals surface area contributed by atoms with E-state index in [9.17, 15) is 14.1 Å². The molecule has 3 aliphatic rings. The average molecular weight is 644 g/mol. The Morgan fingerprint density at radius 2 is 1.93 bits per heavy atom. The number of hydrogen-bond donors (Lipinski definition) is 2. The summed E-state index contributed by atoms with van der Waals surface area (Å²) < 4.78 is 22.5. The fraction of sp³-hybridized carbons (Fsp3) is 0.629. The lowest BCUT2D eigenvalue weighted by Crippen LogP contribution is -2.55. The minimum atomic E-state index is -1.53. The SMILES string of the molecule is CCCc1cc(Cl)ccc1C1COc2ccc3cc2N(C1)CC1CCC1[C@](O)(CN(C)C)CCCC(C)C(C)S(=O)NC3=O. The van der Waals surface area contributed by atoms with Gasteiger partial charge < -0.3 is 19.6 Å². The highest BCUT2D eigenvalue weighted by Crippen LogP contribution is 2.47. The number of nitrogens with zero attached hydrogens (tertiary/aromatic N) is 2. The summed E-state index contributed by atoms with van der Waals surface area (Å²) in [6, 6.07) is 11.8. The van der Waals surface area contributed by atoms with Crippen LogP contribution in [0.4, 0.5) is 5.69 Å². The van der Waals surface area contributed by atoms with Crippen LogP contribution in [0.25, 0.3) is 0 Å². The number of aliphatic hydroxyl groups is 1. The first-order valence-corrected chi connectivity index (χ1v) is 18.0. The number of anilines is 1. The topological polar surface area (TPSA) is 82.1 Å². The molecule has 5 rings (SSSR count). The molecule has 0 saturated heterocycles. The third-order valence-electron chi connectivity index (χ3n) is 10.3. The molecule has 1 aliphatic carbocycles. The van der Waals surface area contributed by atoms with Gasteiger partial charge in [0.25, 0.3) is 5.91 Å². The first-order chi connectivity index (χ1) is 21.0. The molecule has 2 aliphatic heterocycles. The molecule has 0 spiro atoms. The number of aryl methyl sites for hydroxylation is 1. The summed E-state index contributed by atoms with van der Waals surface area (Å²) in [5, 5.41) is 12.8. The number of carbonyl (C=O) groups is 1. The molecule has 2 N–H and O–H groups in total. The third-order valence-corrected chi connectivity index (χ3v) is 12.0. The number of ether oxygens (including phenoxy) is 1.